The third kappa shape index (κ3) is 3.69. The van der Waals surface area contributed by atoms with Crippen LogP contribution in [0.25, 0.3) is 0 Å². The largest absolute Gasteiger partial charge is 0.493 e. The van der Waals surface area contributed by atoms with Crippen molar-refractivity contribution >= 4 is 6.03 Å². The molecule has 2 amide bonds. The molecule has 0 bridgehead atoms. The van der Waals surface area contributed by atoms with E-state index in [1.54, 1.807) is 21.3 Å². The van der Waals surface area contributed by atoms with Crippen LogP contribution in [0.1, 0.15) is 29.2 Å². The highest BCUT2D eigenvalue weighted by atomic mass is 16.5. The lowest BCUT2D eigenvalue weighted by atomic mass is 10.1. The lowest BCUT2D eigenvalue weighted by molar-refractivity contribution is 0.236. The first-order chi connectivity index (χ1) is 12.7. The van der Waals surface area contributed by atoms with Gasteiger partial charge in [-0.3, -0.25) is 0 Å². The van der Waals surface area contributed by atoms with E-state index in [0.29, 0.717) is 23.8 Å². The minimum Gasteiger partial charge on any atom is -0.493 e. The number of benzene rings is 2. The van der Waals surface area contributed by atoms with Gasteiger partial charge in [-0.15, -0.1) is 0 Å². The molecule has 138 valence electrons. The second-order valence-corrected chi connectivity index (χ2v) is 6.15. The van der Waals surface area contributed by atoms with Gasteiger partial charge >= 0.3 is 6.03 Å². The third-order valence-electron chi connectivity index (χ3n) is 4.62. The lowest BCUT2D eigenvalue weighted by Crippen LogP contribution is -2.36. The molecule has 0 radical (unpaired) electrons. The van der Waals surface area contributed by atoms with E-state index in [1.165, 1.54) is 11.1 Å². The van der Waals surface area contributed by atoms with Crippen LogP contribution >= 0.6 is 0 Å². The number of urea groups is 1. The van der Waals surface area contributed by atoms with Gasteiger partial charge in [-0.25, -0.2) is 4.79 Å². The molecule has 3 rings (SSSR count). The zero-order chi connectivity index (χ0) is 18.5. The Hall–Kier alpha value is -2.89. The quantitative estimate of drug-likeness (QED) is 0.834. The fourth-order valence-corrected chi connectivity index (χ4v) is 3.34. The summed E-state index contributed by atoms with van der Waals surface area (Å²) < 4.78 is 16.0. The van der Waals surface area contributed by atoms with Crippen LogP contribution < -0.4 is 24.8 Å². The van der Waals surface area contributed by atoms with Crippen LogP contribution in [-0.2, 0) is 13.0 Å². The van der Waals surface area contributed by atoms with Crippen molar-refractivity contribution in [2.75, 3.05) is 21.3 Å². The smallest absolute Gasteiger partial charge is 0.315 e. The molecule has 1 aliphatic carbocycles. The molecule has 0 aromatic heterocycles. The minimum atomic E-state index is -0.194. The fraction of sp³-hybridized carbons (Fsp3) is 0.350. The Labute approximate surface area is 153 Å². The Morgan fingerprint density at radius 1 is 1.08 bits per heavy atom. The molecule has 1 unspecified atom stereocenters. The first kappa shape index (κ1) is 17.9. The summed E-state index contributed by atoms with van der Waals surface area (Å²) in [4.78, 5) is 12.3. The summed E-state index contributed by atoms with van der Waals surface area (Å²) in [6.07, 6.45) is 1.92. The summed E-state index contributed by atoms with van der Waals surface area (Å²) in [6.45, 7) is 0.358. The van der Waals surface area contributed by atoms with Crippen LogP contribution in [0.15, 0.2) is 36.4 Å². The topological polar surface area (TPSA) is 68.8 Å². The highest BCUT2D eigenvalue weighted by molar-refractivity contribution is 5.74. The minimum absolute atomic E-state index is 0.0612. The number of hydrogen-bond donors (Lipinski definition) is 2. The number of aryl methyl sites for hydroxylation is 1. The van der Waals surface area contributed by atoms with Crippen LogP contribution in [0.3, 0.4) is 0 Å². The second-order valence-electron chi connectivity index (χ2n) is 6.15. The molecule has 0 heterocycles. The zero-order valence-corrected chi connectivity index (χ0v) is 15.3. The first-order valence-electron chi connectivity index (χ1n) is 8.57. The van der Waals surface area contributed by atoms with Crippen LogP contribution in [0, 0.1) is 0 Å². The van der Waals surface area contributed by atoms with E-state index < -0.39 is 0 Å². The SMILES string of the molecule is COc1cc(CNC(=O)NC2CCc3ccccc32)cc(OC)c1OC. The Balaban J connectivity index is 1.63. The molecule has 0 saturated heterocycles. The summed E-state index contributed by atoms with van der Waals surface area (Å²) >= 11 is 0. The number of ether oxygens (including phenoxy) is 3. The fourth-order valence-electron chi connectivity index (χ4n) is 3.34. The lowest BCUT2D eigenvalue weighted by Gasteiger charge is -2.16. The van der Waals surface area contributed by atoms with Crippen molar-refractivity contribution in [3.05, 3.63) is 53.1 Å². The van der Waals surface area contributed by atoms with Gasteiger partial charge in [0, 0.05) is 6.54 Å². The number of carbonyl (C=O) groups excluding carboxylic acids is 1. The Morgan fingerprint density at radius 2 is 1.77 bits per heavy atom. The molecule has 0 saturated carbocycles. The molecule has 0 aliphatic heterocycles. The molecule has 26 heavy (non-hydrogen) atoms. The molecular weight excluding hydrogens is 332 g/mol. The summed E-state index contributed by atoms with van der Waals surface area (Å²) in [6, 6.07) is 11.8. The summed E-state index contributed by atoms with van der Waals surface area (Å²) in [5.41, 5.74) is 3.37. The number of methoxy groups -OCH3 is 3. The molecule has 0 fully saturated rings. The third-order valence-corrected chi connectivity index (χ3v) is 4.62. The van der Waals surface area contributed by atoms with Crippen LogP contribution in [0.5, 0.6) is 17.2 Å². The zero-order valence-electron chi connectivity index (χ0n) is 15.3. The van der Waals surface area contributed by atoms with E-state index in [4.69, 9.17) is 14.2 Å². The van der Waals surface area contributed by atoms with Gasteiger partial charge in [-0.05, 0) is 41.7 Å². The Morgan fingerprint density at radius 3 is 2.42 bits per heavy atom. The van der Waals surface area contributed by atoms with Crippen molar-refractivity contribution in [3.8, 4) is 17.2 Å². The molecule has 6 heteroatoms. The van der Waals surface area contributed by atoms with Gasteiger partial charge in [0.1, 0.15) is 0 Å². The average molecular weight is 356 g/mol. The number of rotatable bonds is 6. The summed E-state index contributed by atoms with van der Waals surface area (Å²) in [5.74, 6) is 1.66. The van der Waals surface area contributed by atoms with E-state index in [2.05, 4.69) is 22.8 Å². The highest BCUT2D eigenvalue weighted by Crippen LogP contribution is 2.38. The summed E-state index contributed by atoms with van der Waals surface area (Å²) in [5, 5.41) is 5.94. The Bertz CT molecular complexity index is 766. The second kappa shape index (κ2) is 7.99. The van der Waals surface area contributed by atoms with Gasteiger partial charge in [0.05, 0.1) is 27.4 Å². The maximum absolute atomic E-state index is 12.3. The Kier molecular flexibility index (Phi) is 5.51. The monoisotopic (exact) mass is 356 g/mol. The van der Waals surface area contributed by atoms with Gasteiger partial charge in [0.2, 0.25) is 5.75 Å². The number of carbonyl (C=O) groups is 1. The van der Waals surface area contributed by atoms with E-state index in [0.717, 1.165) is 18.4 Å². The van der Waals surface area contributed by atoms with E-state index in [-0.39, 0.29) is 12.1 Å². The molecule has 1 atom stereocenters. The maximum Gasteiger partial charge on any atom is 0.315 e. The molecule has 1 aliphatic rings. The predicted molar refractivity (Wildman–Crippen MR) is 99.0 cm³/mol. The van der Waals surface area contributed by atoms with Gasteiger partial charge in [-0.2, -0.15) is 0 Å². The number of fused-ring (bicyclic) bond motifs is 1. The van der Waals surface area contributed by atoms with Crippen molar-refractivity contribution in [2.24, 2.45) is 0 Å². The normalized spacial score (nSPS) is 15.1. The van der Waals surface area contributed by atoms with E-state index in [9.17, 15) is 4.79 Å². The molecule has 2 N–H and O–H groups in total. The average Bonchev–Trinajstić information content (AvgIpc) is 3.08. The number of nitrogens with one attached hydrogen (secondary N) is 2. The number of hydrogen-bond acceptors (Lipinski definition) is 4. The molecule has 6 nitrogen and oxygen atoms in total. The predicted octanol–water partition coefficient (Wildman–Crippen LogP) is 3.20. The van der Waals surface area contributed by atoms with Gasteiger partial charge in [-0.1, -0.05) is 24.3 Å². The van der Waals surface area contributed by atoms with Crippen molar-refractivity contribution in [1.29, 1.82) is 0 Å². The van der Waals surface area contributed by atoms with Gasteiger partial charge < -0.3 is 24.8 Å². The molecule has 0 spiro atoms. The van der Waals surface area contributed by atoms with Gasteiger partial charge in [0.25, 0.3) is 0 Å². The van der Waals surface area contributed by atoms with E-state index in [1.807, 2.05) is 24.3 Å². The van der Waals surface area contributed by atoms with Crippen LogP contribution in [-0.4, -0.2) is 27.4 Å². The molecular formula is C20H24N2O4. The standard InChI is InChI=1S/C20H24N2O4/c1-24-17-10-13(11-18(25-2)19(17)26-3)12-21-20(23)22-16-9-8-14-6-4-5-7-15(14)16/h4-7,10-11,16H,8-9,12H2,1-3H3,(H2,21,22,23). The summed E-state index contributed by atoms with van der Waals surface area (Å²) in [7, 11) is 4.70. The van der Waals surface area contributed by atoms with Gasteiger partial charge in [0.15, 0.2) is 11.5 Å². The van der Waals surface area contributed by atoms with Crippen molar-refractivity contribution in [3.63, 3.8) is 0 Å². The van der Waals surface area contributed by atoms with Crippen molar-refractivity contribution < 1.29 is 19.0 Å². The first-order valence-corrected chi connectivity index (χ1v) is 8.57. The molecule has 2 aromatic rings. The molecule has 2 aromatic carbocycles. The van der Waals surface area contributed by atoms with Crippen molar-refractivity contribution in [1.82, 2.24) is 10.6 Å². The number of amides is 2. The van der Waals surface area contributed by atoms with Crippen LogP contribution in [0.4, 0.5) is 4.79 Å². The van der Waals surface area contributed by atoms with E-state index >= 15 is 0 Å². The highest BCUT2D eigenvalue weighted by Gasteiger charge is 2.23. The van der Waals surface area contributed by atoms with Crippen LogP contribution in [0.2, 0.25) is 0 Å². The maximum atomic E-state index is 12.3. The van der Waals surface area contributed by atoms with Crippen molar-refractivity contribution in [2.45, 2.75) is 25.4 Å².